The molecule has 0 radical (unpaired) electrons. The maximum atomic E-state index is 10.3. The summed E-state index contributed by atoms with van der Waals surface area (Å²) in [7, 11) is 0. The first-order valence-corrected chi connectivity index (χ1v) is 17.9. The van der Waals surface area contributed by atoms with Crippen molar-refractivity contribution in [3.63, 3.8) is 0 Å². The zero-order chi connectivity index (χ0) is 33.5. The third kappa shape index (κ3) is 4.39. The molecule has 0 aliphatic heterocycles. The van der Waals surface area contributed by atoms with Crippen molar-refractivity contribution in [1.82, 2.24) is 15.0 Å². The molecule has 6 aromatic carbocycles. The van der Waals surface area contributed by atoms with Crippen LogP contribution in [0.1, 0.15) is 50.2 Å². The maximum absolute atomic E-state index is 10.3. The fourth-order valence-corrected chi connectivity index (χ4v) is 10.2. The number of hydrogen-bond donors (Lipinski definition) is 0. The van der Waals surface area contributed by atoms with Gasteiger partial charge in [0.05, 0.1) is 5.56 Å². The second kappa shape index (κ2) is 10.9. The zero-order valence-corrected chi connectivity index (χ0v) is 28.1. The van der Waals surface area contributed by atoms with Crippen LogP contribution in [0, 0.1) is 28.6 Å². The Morgan fingerprint density at radius 2 is 1.22 bits per heavy atom. The molecule has 0 saturated heterocycles. The Hall–Kier alpha value is -5.66. The van der Waals surface area contributed by atoms with Crippen molar-refractivity contribution >= 4 is 21.5 Å². The Balaban J connectivity index is 1.13. The van der Waals surface area contributed by atoms with Crippen molar-refractivity contribution in [2.24, 2.45) is 17.3 Å². The van der Waals surface area contributed by atoms with Gasteiger partial charge in [-0.1, -0.05) is 122 Å². The average molecular weight is 645 g/mol. The van der Waals surface area contributed by atoms with E-state index >= 15 is 0 Å². The molecule has 4 heteroatoms. The molecule has 0 N–H and O–H groups in total. The lowest BCUT2D eigenvalue weighted by Crippen LogP contribution is -2.26. The molecule has 7 aromatic rings. The van der Waals surface area contributed by atoms with Gasteiger partial charge >= 0.3 is 0 Å². The van der Waals surface area contributed by atoms with Crippen LogP contribution in [-0.2, 0) is 5.41 Å². The Morgan fingerprint density at radius 1 is 0.580 bits per heavy atom. The van der Waals surface area contributed by atoms with Crippen LogP contribution in [0.5, 0.6) is 0 Å². The molecular weight excluding hydrogens is 609 g/mol. The highest BCUT2D eigenvalue weighted by Crippen LogP contribution is 2.72. The molecule has 0 amide bonds. The number of benzene rings is 6. The van der Waals surface area contributed by atoms with Crippen LogP contribution < -0.4 is 0 Å². The number of aromatic nitrogens is 3. The van der Waals surface area contributed by atoms with Gasteiger partial charge in [-0.3, -0.25) is 0 Å². The summed E-state index contributed by atoms with van der Waals surface area (Å²) in [5.74, 6) is 3.63. The summed E-state index contributed by atoms with van der Waals surface area (Å²) >= 11 is 0. The topological polar surface area (TPSA) is 62.5 Å². The van der Waals surface area contributed by atoms with Gasteiger partial charge in [-0.15, -0.1) is 0 Å². The first-order valence-electron chi connectivity index (χ1n) is 17.9. The van der Waals surface area contributed by atoms with E-state index in [1.54, 1.807) is 0 Å². The summed E-state index contributed by atoms with van der Waals surface area (Å²) in [6, 6.07) is 46.9. The van der Waals surface area contributed by atoms with Crippen molar-refractivity contribution in [3.05, 3.63) is 139 Å². The van der Waals surface area contributed by atoms with Crippen molar-refractivity contribution < 1.29 is 0 Å². The fraction of sp³-hybridized carbons (Fsp3) is 0.217. The standard InChI is InChI=1S/C46H36N4/c1-45-28-46(25-35(45)21-22-36(45)26-46)34-19-17-30(18-20-34)42-48-43(33-13-7-12-31(23-33)29-9-3-2-4-10-29)50-44(49-42)39-16-8-15-38-40(39)24-32-11-5-6-14-37(32)41(38)27-47/h2-20,23-24,35-36H,21-22,25-26,28H2,1H3/t35-,36?,45?,46?/m1/s1. The Morgan fingerprint density at radius 3 is 1.98 bits per heavy atom. The molecule has 3 fully saturated rings. The molecular formula is C46H36N4. The van der Waals surface area contributed by atoms with Crippen LogP contribution in [0.4, 0.5) is 0 Å². The Labute approximate surface area is 292 Å². The summed E-state index contributed by atoms with van der Waals surface area (Å²) in [4.78, 5) is 15.5. The lowest BCUT2D eigenvalue weighted by Gasteiger charge is -2.33. The maximum Gasteiger partial charge on any atom is 0.164 e. The van der Waals surface area contributed by atoms with E-state index in [0.717, 1.165) is 61.2 Å². The number of nitrogens with zero attached hydrogens (tertiary/aromatic N) is 4. The predicted molar refractivity (Wildman–Crippen MR) is 201 cm³/mol. The minimum absolute atomic E-state index is 0.316. The molecule has 1 aromatic heterocycles. The van der Waals surface area contributed by atoms with Crippen molar-refractivity contribution in [2.75, 3.05) is 0 Å². The van der Waals surface area contributed by atoms with Crippen LogP contribution in [-0.4, -0.2) is 15.0 Å². The summed E-state index contributed by atoms with van der Waals surface area (Å²) in [6.07, 6.45) is 6.80. The van der Waals surface area contributed by atoms with Crippen LogP contribution in [0.3, 0.4) is 0 Å². The molecule has 3 saturated carbocycles. The van der Waals surface area contributed by atoms with E-state index in [2.05, 4.69) is 104 Å². The van der Waals surface area contributed by atoms with Gasteiger partial charge in [0.2, 0.25) is 0 Å². The number of fused-ring (bicyclic) bond motifs is 3. The van der Waals surface area contributed by atoms with Crippen LogP contribution in [0.2, 0.25) is 0 Å². The minimum Gasteiger partial charge on any atom is -0.208 e. The highest BCUT2D eigenvalue weighted by molar-refractivity contribution is 6.09. The number of hydrogen-bond acceptors (Lipinski definition) is 4. The Bertz CT molecular complexity index is 2500. The van der Waals surface area contributed by atoms with Crippen LogP contribution in [0.25, 0.3) is 66.8 Å². The highest BCUT2D eigenvalue weighted by Gasteiger charge is 2.65. The van der Waals surface area contributed by atoms with Crippen molar-refractivity contribution in [3.8, 4) is 51.4 Å². The molecule has 3 aliphatic rings. The third-order valence-corrected chi connectivity index (χ3v) is 12.6. The van der Waals surface area contributed by atoms with E-state index in [1.807, 2.05) is 36.4 Å². The fourth-order valence-electron chi connectivity index (χ4n) is 10.2. The molecule has 50 heavy (non-hydrogen) atoms. The molecule has 1 heterocycles. The lowest BCUT2D eigenvalue weighted by molar-refractivity contribution is 0.195. The van der Waals surface area contributed by atoms with Crippen molar-refractivity contribution in [2.45, 2.75) is 44.4 Å². The van der Waals surface area contributed by atoms with E-state index < -0.39 is 0 Å². The van der Waals surface area contributed by atoms with Gasteiger partial charge in [0.15, 0.2) is 17.5 Å². The van der Waals surface area contributed by atoms with E-state index in [-0.39, 0.29) is 0 Å². The summed E-state index contributed by atoms with van der Waals surface area (Å²) in [5, 5.41) is 14.1. The van der Waals surface area contributed by atoms with Crippen LogP contribution in [0.15, 0.2) is 127 Å². The molecule has 4 atom stereocenters. The molecule has 3 aliphatic carbocycles. The van der Waals surface area contributed by atoms with E-state index in [0.29, 0.717) is 33.9 Å². The summed E-state index contributed by atoms with van der Waals surface area (Å²) < 4.78 is 0. The minimum atomic E-state index is 0.316. The second-order valence-electron chi connectivity index (χ2n) is 15.2. The quantitative estimate of drug-likeness (QED) is 0.175. The molecule has 0 spiro atoms. The highest BCUT2D eigenvalue weighted by atomic mass is 15.0. The van der Waals surface area contributed by atoms with Gasteiger partial charge in [-0.05, 0) is 94.4 Å². The average Bonchev–Trinajstić information content (AvgIpc) is 3.68. The SMILES string of the molecule is CC12CC3(c4ccc(-c5nc(-c6cccc(-c7ccccc7)c6)nc(-c6cccc7c(C#N)c8ccccc8cc67)n5)cc4)CC1CC[C@@H]2C3. The van der Waals surface area contributed by atoms with Gasteiger partial charge in [0.25, 0.3) is 0 Å². The molecule has 10 rings (SSSR count). The zero-order valence-electron chi connectivity index (χ0n) is 28.1. The van der Waals surface area contributed by atoms with Gasteiger partial charge in [0, 0.05) is 27.5 Å². The van der Waals surface area contributed by atoms with Crippen LogP contribution >= 0.6 is 0 Å². The Kier molecular flexibility index (Phi) is 6.39. The number of nitriles is 1. The number of rotatable bonds is 5. The van der Waals surface area contributed by atoms with E-state index in [4.69, 9.17) is 15.0 Å². The van der Waals surface area contributed by atoms with Gasteiger partial charge in [0.1, 0.15) is 6.07 Å². The third-order valence-electron chi connectivity index (χ3n) is 12.6. The largest absolute Gasteiger partial charge is 0.208 e. The van der Waals surface area contributed by atoms with Gasteiger partial charge < -0.3 is 0 Å². The van der Waals surface area contributed by atoms with E-state index in [9.17, 15) is 5.26 Å². The predicted octanol–water partition coefficient (Wildman–Crippen LogP) is 11.2. The van der Waals surface area contributed by atoms with E-state index in [1.165, 1.54) is 37.7 Å². The van der Waals surface area contributed by atoms with Gasteiger partial charge in [-0.2, -0.15) is 5.26 Å². The van der Waals surface area contributed by atoms with Crippen molar-refractivity contribution in [1.29, 1.82) is 5.26 Å². The monoisotopic (exact) mass is 644 g/mol. The summed E-state index contributed by atoms with van der Waals surface area (Å²) in [6.45, 7) is 2.56. The molecule has 4 nitrogen and oxygen atoms in total. The second-order valence-corrected chi connectivity index (χ2v) is 15.2. The summed E-state index contributed by atoms with van der Waals surface area (Å²) in [5.41, 5.74) is 8.05. The smallest absolute Gasteiger partial charge is 0.164 e. The molecule has 2 bridgehead atoms. The van der Waals surface area contributed by atoms with Gasteiger partial charge in [-0.25, -0.2) is 15.0 Å². The lowest BCUT2D eigenvalue weighted by atomic mass is 9.72. The molecule has 3 unspecified atom stereocenters. The first-order chi connectivity index (χ1) is 24.5. The normalized spacial score (nSPS) is 23.4. The molecule has 240 valence electrons. The first kappa shape index (κ1) is 29.3.